The second kappa shape index (κ2) is 9.17. The number of hydrogen-bond acceptors (Lipinski definition) is 6. The Balaban J connectivity index is 1.38. The SMILES string of the molecule is COc1ccc(-n2c(SCC(=O)Nc3ccc4cn[nH]c4c3)nnc2-c2ccccc2)cc1. The zero-order valence-corrected chi connectivity index (χ0v) is 18.5. The zero-order chi connectivity index (χ0) is 22.6. The number of benzene rings is 3. The maximum absolute atomic E-state index is 12.6. The topological polar surface area (TPSA) is 97.7 Å². The number of aromatic nitrogens is 5. The maximum Gasteiger partial charge on any atom is 0.234 e. The molecular weight excluding hydrogens is 436 g/mol. The number of aromatic amines is 1. The summed E-state index contributed by atoms with van der Waals surface area (Å²) in [5, 5.41) is 20.2. The number of methoxy groups -OCH3 is 1. The van der Waals surface area contributed by atoms with Crippen molar-refractivity contribution >= 4 is 34.3 Å². The van der Waals surface area contributed by atoms with E-state index in [2.05, 4.69) is 25.7 Å². The minimum Gasteiger partial charge on any atom is -0.497 e. The van der Waals surface area contributed by atoms with Crippen molar-refractivity contribution in [3.8, 4) is 22.8 Å². The molecular formula is C24H20N6O2S. The summed E-state index contributed by atoms with van der Waals surface area (Å²) in [5.41, 5.74) is 3.39. The number of carbonyl (C=O) groups excluding carboxylic acids is 1. The normalized spacial score (nSPS) is 10.9. The van der Waals surface area contributed by atoms with Gasteiger partial charge in [-0.15, -0.1) is 10.2 Å². The molecule has 2 heterocycles. The molecule has 0 aliphatic rings. The molecule has 0 bridgehead atoms. The minimum atomic E-state index is -0.135. The van der Waals surface area contributed by atoms with Crippen LogP contribution >= 0.6 is 11.8 Å². The summed E-state index contributed by atoms with van der Waals surface area (Å²) in [6.07, 6.45) is 1.74. The van der Waals surface area contributed by atoms with Gasteiger partial charge in [-0.1, -0.05) is 42.1 Å². The summed E-state index contributed by atoms with van der Waals surface area (Å²) in [4.78, 5) is 12.6. The number of nitrogens with zero attached hydrogens (tertiary/aromatic N) is 4. The Hall–Kier alpha value is -4.11. The Morgan fingerprint density at radius 2 is 1.88 bits per heavy atom. The van der Waals surface area contributed by atoms with Crippen molar-refractivity contribution in [3.05, 3.63) is 79.0 Å². The third-order valence-electron chi connectivity index (χ3n) is 5.05. The number of thioether (sulfide) groups is 1. The van der Waals surface area contributed by atoms with E-state index in [0.717, 1.165) is 27.9 Å². The Bertz CT molecular complexity index is 1400. The molecule has 5 rings (SSSR count). The smallest absolute Gasteiger partial charge is 0.234 e. The second-order valence-electron chi connectivity index (χ2n) is 7.21. The third-order valence-corrected chi connectivity index (χ3v) is 5.98. The molecule has 0 unspecified atom stereocenters. The molecule has 0 saturated carbocycles. The third kappa shape index (κ3) is 4.44. The highest BCUT2D eigenvalue weighted by atomic mass is 32.2. The standard InChI is InChI=1S/C24H20N6O2S/c1-32-20-11-9-19(10-12-20)30-23(16-5-3-2-4-6-16)28-29-24(30)33-15-22(31)26-18-8-7-17-14-25-27-21(17)13-18/h2-14H,15H2,1H3,(H,25,27)(H,26,31). The van der Waals surface area contributed by atoms with Gasteiger partial charge in [-0.25, -0.2) is 0 Å². The van der Waals surface area contributed by atoms with E-state index in [1.807, 2.05) is 77.4 Å². The number of hydrogen-bond donors (Lipinski definition) is 2. The fourth-order valence-electron chi connectivity index (χ4n) is 3.44. The van der Waals surface area contributed by atoms with E-state index < -0.39 is 0 Å². The minimum absolute atomic E-state index is 0.135. The average Bonchev–Trinajstić information content (AvgIpc) is 3.50. The molecule has 0 saturated heterocycles. The van der Waals surface area contributed by atoms with E-state index in [0.29, 0.717) is 16.7 Å². The molecule has 33 heavy (non-hydrogen) atoms. The fraction of sp³-hybridized carbons (Fsp3) is 0.0833. The zero-order valence-electron chi connectivity index (χ0n) is 17.7. The largest absolute Gasteiger partial charge is 0.497 e. The summed E-state index contributed by atoms with van der Waals surface area (Å²) in [7, 11) is 1.63. The first-order valence-electron chi connectivity index (χ1n) is 10.2. The number of anilines is 1. The van der Waals surface area contributed by atoms with Crippen molar-refractivity contribution in [1.29, 1.82) is 0 Å². The number of ether oxygens (including phenoxy) is 1. The van der Waals surface area contributed by atoms with E-state index in [1.54, 1.807) is 13.3 Å². The molecule has 2 aromatic heterocycles. The van der Waals surface area contributed by atoms with Crippen LogP contribution in [0.25, 0.3) is 28.0 Å². The molecule has 8 nitrogen and oxygen atoms in total. The molecule has 0 fully saturated rings. The van der Waals surface area contributed by atoms with E-state index in [1.165, 1.54) is 11.8 Å². The van der Waals surface area contributed by atoms with Crippen molar-refractivity contribution in [2.75, 3.05) is 18.2 Å². The van der Waals surface area contributed by atoms with Crippen molar-refractivity contribution in [1.82, 2.24) is 25.0 Å². The Labute approximate surface area is 194 Å². The van der Waals surface area contributed by atoms with Gasteiger partial charge in [-0.3, -0.25) is 14.5 Å². The van der Waals surface area contributed by atoms with Crippen molar-refractivity contribution in [2.24, 2.45) is 0 Å². The number of rotatable bonds is 7. The first-order valence-corrected chi connectivity index (χ1v) is 11.2. The Morgan fingerprint density at radius 3 is 2.67 bits per heavy atom. The second-order valence-corrected chi connectivity index (χ2v) is 8.16. The average molecular weight is 457 g/mol. The molecule has 0 atom stereocenters. The van der Waals surface area contributed by atoms with Crippen molar-refractivity contribution in [2.45, 2.75) is 5.16 Å². The summed E-state index contributed by atoms with van der Waals surface area (Å²) < 4.78 is 7.23. The van der Waals surface area contributed by atoms with Gasteiger partial charge >= 0.3 is 0 Å². The Morgan fingerprint density at radius 1 is 1.06 bits per heavy atom. The highest BCUT2D eigenvalue weighted by Gasteiger charge is 2.17. The first-order chi connectivity index (χ1) is 16.2. The molecule has 0 radical (unpaired) electrons. The number of nitrogens with one attached hydrogen (secondary N) is 2. The molecule has 5 aromatic rings. The van der Waals surface area contributed by atoms with Gasteiger partial charge in [0, 0.05) is 22.3 Å². The summed E-state index contributed by atoms with van der Waals surface area (Å²) in [6.45, 7) is 0. The van der Waals surface area contributed by atoms with Gasteiger partial charge < -0.3 is 10.1 Å². The van der Waals surface area contributed by atoms with Gasteiger partial charge in [0.2, 0.25) is 5.91 Å². The number of H-pyrrole nitrogens is 1. The van der Waals surface area contributed by atoms with Gasteiger partial charge in [0.15, 0.2) is 11.0 Å². The van der Waals surface area contributed by atoms with Crippen molar-refractivity contribution < 1.29 is 9.53 Å². The first kappa shape index (κ1) is 20.8. The monoisotopic (exact) mass is 456 g/mol. The Kier molecular flexibility index (Phi) is 5.77. The number of amides is 1. The van der Waals surface area contributed by atoms with Crippen LogP contribution in [0.2, 0.25) is 0 Å². The number of fused-ring (bicyclic) bond motifs is 1. The van der Waals surface area contributed by atoms with Crippen LogP contribution in [0.4, 0.5) is 5.69 Å². The lowest BCUT2D eigenvalue weighted by atomic mass is 10.2. The van der Waals surface area contributed by atoms with Crippen molar-refractivity contribution in [3.63, 3.8) is 0 Å². The molecule has 2 N–H and O–H groups in total. The molecule has 9 heteroatoms. The van der Waals surface area contributed by atoms with E-state index in [4.69, 9.17) is 4.74 Å². The summed E-state index contributed by atoms with van der Waals surface area (Å²) in [6, 6.07) is 23.1. The molecule has 1 amide bonds. The summed E-state index contributed by atoms with van der Waals surface area (Å²) in [5.74, 6) is 1.51. The molecule has 3 aromatic carbocycles. The molecule has 0 spiro atoms. The van der Waals surface area contributed by atoms with Gasteiger partial charge in [-0.05, 0) is 42.5 Å². The van der Waals surface area contributed by atoms with Crippen LogP contribution in [-0.2, 0) is 4.79 Å². The van der Waals surface area contributed by atoms with E-state index in [9.17, 15) is 4.79 Å². The highest BCUT2D eigenvalue weighted by Crippen LogP contribution is 2.29. The predicted molar refractivity (Wildman–Crippen MR) is 129 cm³/mol. The lowest BCUT2D eigenvalue weighted by Gasteiger charge is -2.11. The molecule has 0 aliphatic carbocycles. The molecule has 164 valence electrons. The van der Waals surface area contributed by atoms with Gasteiger partial charge in [0.05, 0.1) is 24.6 Å². The van der Waals surface area contributed by atoms with Crippen LogP contribution in [-0.4, -0.2) is 43.7 Å². The maximum atomic E-state index is 12.6. The highest BCUT2D eigenvalue weighted by molar-refractivity contribution is 7.99. The predicted octanol–water partition coefficient (Wildman–Crippen LogP) is 4.55. The van der Waals surface area contributed by atoms with Gasteiger partial charge in [-0.2, -0.15) is 5.10 Å². The molecule has 0 aliphatic heterocycles. The lowest BCUT2D eigenvalue weighted by molar-refractivity contribution is -0.113. The van der Waals surface area contributed by atoms with Crippen LogP contribution in [0.15, 0.2) is 84.1 Å². The summed E-state index contributed by atoms with van der Waals surface area (Å²) >= 11 is 1.33. The van der Waals surface area contributed by atoms with Crippen LogP contribution < -0.4 is 10.1 Å². The van der Waals surface area contributed by atoms with E-state index in [-0.39, 0.29) is 11.7 Å². The quantitative estimate of drug-likeness (QED) is 0.349. The fourth-order valence-corrected chi connectivity index (χ4v) is 4.20. The van der Waals surface area contributed by atoms with Crippen LogP contribution in [0.3, 0.4) is 0 Å². The van der Waals surface area contributed by atoms with Crippen LogP contribution in [0, 0.1) is 0 Å². The van der Waals surface area contributed by atoms with Crippen LogP contribution in [0.1, 0.15) is 0 Å². The van der Waals surface area contributed by atoms with Gasteiger partial charge in [0.1, 0.15) is 5.75 Å². The van der Waals surface area contributed by atoms with E-state index >= 15 is 0 Å². The van der Waals surface area contributed by atoms with Gasteiger partial charge in [0.25, 0.3) is 0 Å². The lowest BCUT2D eigenvalue weighted by Crippen LogP contribution is -2.14. The van der Waals surface area contributed by atoms with Crippen LogP contribution in [0.5, 0.6) is 5.75 Å². The number of carbonyl (C=O) groups is 1.